The van der Waals surface area contributed by atoms with Crippen molar-refractivity contribution >= 4 is 44.6 Å². The third-order valence-corrected chi connectivity index (χ3v) is 6.57. The third-order valence-electron chi connectivity index (χ3n) is 4.60. The molecule has 1 amide bonds. The Morgan fingerprint density at radius 1 is 1.19 bits per heavy atom. The minimum Gasteiger partial charge on any atom is -0.350 e. The highest BCUT2D eigenvalue weighted by Crippen LogP contribution is 2.36. The van der Waals surface area contributed by atoms with Gasteiger partial charge in [0.05, 0.1) is 16.8 Å². The summed E-state index contributed by atoms with van der Waals surface area (Å²) < 4.78 is 0. The highest BCUT2D eigenvalue weighted by Gasteiger charge is 2.21. The molecule has 0 N–H and O–H groups in total. The second-order valence-corrected chi connectivity index (χ2v) is 8.38. The molecule has 3 aromatic rings. The van der Waals surface area contributed by atoms with Gasteiger partial charge in [-0.1, -0.05) is 6.07 Å². The van der Waals surface area contributed by atoms with Crippen LogP contribution < -0.4 is 4.90 Å². The minimum atomic E-state index is 0.117. The first-order valence-corrected chi connectivity index (χ1v) is 10.5. The van der Waals surface area contributed by atoms with Crippen molar-refractivity contribution in [2.45, 2.75) is 27.7 Å². The predicted octanol–water partition coefficient (Wildman–Crippen LogP) is 4.34. The van der Waals surface area contributed by atoms with Crippen LogP contribution in [0.2, 0.25) is 0 Å². The number of amides is 1. The minimum absolute atomic E-state index is 0.117. The quantitative estimate of drug-likeness (QED) is 0.630. The van der Waals surface area contributed by atoms with E-state index in [-0.39, 0.29) is 5.91 Å². The Hall–Kier alpha value is -1.99. The van der Waals surface area contributed by atoms with Crippen molar-refractivity contribution in [2.24, 2.45) is 0 Å². The summed E-state index contributed by atoms with van der Waals surface area (Å²) in [4.78, 5) is 29.3. The fraction of sp³-hybridized carbons (Fsp3) is 0.421. The molecular formula is C19H24N4OS2. The Morgan fingerprint density at radius 2 is 1.92 bits per heavy atom. The van der Waals surface area contributed by atoms with E-state index in [2.05, 4.69) is 13.8 Å². The summed E-state index contributed by atoms with van der Waals surface area (Å²) in [5.41, 5.74) is 1.19. The number of nitrogens with zero attached hydrogens (tertiary/aromatic N) is 4. The molecule has 0 aliphatic heterocycles. The zero-order valence-corrected chi connectivity index (χ0v) is 17.5. The highest BCUT2D eigenvalue weighted by atomic mass is 32.1. The van der Waals surface area contributed by atoms with Gasteiger partial charge in [-0.25, -0.2) is 9.97 Å². The average molecular weight is 389 g/mol. The molecule has 0 fully saturated rings. The van der Waals surface area contributed by atoms with Crippen molar-refractivity contribution in [2.75, 3.05) is 31.6 Å². The van der Waals surface area contributed by atoms with Gasteiger partial charge in [0, 0.05) is 25.0 Å². The summed E-state index contributed by atoms with van der Waals surface area (Å²) in [6, 6.07) is 4.04. The molecule has 0 aliphatic carbocycles. The van der Waals surface area contributed by atoms with Crippen LogP contribution in [0.15, 0.2) is 17.5 Å². The van der Waals surface area contributed by atoms with E-state index < -0.39 is 0 Å². The van der Waals surface area contributed by atoms with Crippen LogP contribution in [0.4, 0.5) is 5.82 Å². The molecule has 0 bridgehead atoms. The van der Waals surface area contributed by atoms with Gasteiger partial charge < -0.3 is 9.80 Å². The van der Waals surface area contributed by atoms with Crippen LogP contribution in [0.1, 0.15) is 24.3 Å². The SMILES string of the molecule is CCN(CC)C(=O)CN(C)c1nc(-c2cccs2)nc2sc(C)c(C)c12. The largest absolute Gasteiger partial charge is 0.350 e. The molecule has 7 heteroatoms. The number of carbonyl (C=O) groups excluding carboxylic acids is 1. The Morgan fingerprint density at radius 3 is 2.54 bits per heavy atom. The lowest BCUT2D eigenvalue weighted by Crippen LogP contribution is -2.39. The second-order valence-electron chi connectivity index (χ2n) is 6.23. The molecule has 0 unspecified atom stereocenters. The molecule has 0 aliphatic rings. The van der Waals surface area contributed by atoms with E-state index in [1.165, 1.54) is 10.4 Å². The first-order chi connectivity index (χ1) is 12.5. The summed E-state index contributed by atoms with van der Waals surface area (Å²) in [6.07, 6.45) is 0. The van der Waals surface area contributed by atoms with Gasteiger partial charge in [0.2, 0.25) is 5.91 Å². The number of likely N-dealkylation sites (N-methyl/N-ethyl adjacent to an activating group) is 2. The first kappa shape index (κ1) is 18.8. The van der Waals surface area contributed by atoms with E-state index in [1.807, 2.05) is 48.2 Å². The molecule has 0 atom stereocenters. The van der Waals surface area contributed by atoms with E-state index in [1.54, 1.807) is 22.7 Å². The van der Waals surface area contributed by atoms with Crippen LogP contribution in [0.5, 0.6) is 0 Å². The molecule has 5 nitrogen and oxygen atoms in total. The molecule has 138 valence electrons. The van der Waals surface area contributed by atoms with Crippen LogP contribution in [0, 0.1) is 13.8 Å². The van der Waals surface area contributed by atoms with E-state index in [0.717, 1.165) is 39.8 Å². The van der Waals surface area contributed by atoms with E-state index >= 15 is 0 Å². The van der Waals surface area contributed by atoms with Crippen molar-refractivity contribution in [3.63, 3.8) is 0 Å². The lowest BCUT2D eigenvalue weighted by Gasteiger charge is -2.24. The van der Waals surface area contributed by atoms with E-state index in [0.29, 0.717) is 6.54 Å². The molecule has 0 saturated heterocycles. The molecule has 0 spiro atoms. The van der Waals surface area contributed by atoms with Crippen LogP contribution in [0.25, 0.3) is 20.9 Å². The predicted molar refractivity (Wildman–Crippen MR) is 111 cm³/mol. The van der Waals surface area contributed by atoms with Gasteiger partial charge >= 0.3 is 0 Å². The second kappa shape index (κ2) is 7.72. The van der Waals surface area contributed by atoms with Crippen LogP contribution in [0.3, 0.4) is 0 Å². The smallest absolute Gasteiger partial charge is 0.242 e. The lowest BCUT2D eigenvalue weighted by atomic mass is 10.2. The number of anilines is 1. The van der Waals surface area contributed by atoms with Gasteiger partial charge in [-0.05, 0) is 44.7 Å². The number of aromatic nitrogens is 2. The van der Waals surface area contributed by atoms with Gasteiger partial charge in [-0.15, -0.1) is 22.7 Å². The number of rotatable bonds is 6. The van der Waals surface area contributed by atoms with Gasteiger partial charge in [-0.2, -0.15) is 0 Å². The number of fused-ring (bicyclic) bond motifs is 1. The summed E-state index contributed by atoms with van der Waals surface area (Å²) in [6.45, 7) is 9.98. The summed E-state index contributed by atoms with van der Waals surface area (Å²) >= 11 is 3.32. The van der Waals surface area contributed by atoms with E-state index in [9.17, 15) is 4.79 Å². The van der Waals surface area contributed by atoms with Gasteiger partial charge in [0.25, 0.3) is 0 Å². The summed E-state index contributed by atoms with van der Waals surface area (Å²) in [5, 5.41) is 3.09. The Kier molecular flexibility index (Phi) is 5.58. The zero-order valence-electron chi connectivity index (χ0n) is 15.9. The van der Waals surface area contributed by atoms with Gasteiger partial charge in [-0.3, -0.25) is 4.79 Å². The maximum Gasteiger partial charge on any atom is 0.242 e. The first-order valence-electron chi connectivity index (χ1n) is 8.76. The number of hydrogen-bond donors (Lipinski definition) is 0. The fourth-order valence-electron chi connectivity index (χ4n) is 2.97. The van der Waals surface area contributed by atoms with Crippen molar-refractivity contribution in [3.8, 4) is 10.7 Å². The van der Waals surface area contributed by atoms with Crippen molar-refractivity contribution < 1.29 is 4.79 Å². The summed E-state index contributed by atoms with van der Waals surface area (Å²) in [7, 11) is 1.94. The van der Waals surface area contributed by atoms with Crippen molar-refractivity contribution in [1.82, 2.24) is 14.9 Å². The zero-order chi connectivity index (χ0) is 18.8. The van der Waals surface area contributed by atoms with Crippen LogP contribution in [-0.4, -0.2) is 47.5 Å². The molecule has 3 aromatic heterocycles. The third kappa shape index (κ3) is 3.46. The standard InChI is InChI=1S/C19H24N4OS2/c1-6-23(7-2)15(24)11-22(5)18-16-12(3)13(4)26-19(16)21-17(20-18)14-9-8-10-25-14/h8-10H,6-7,11H2,1-5H3. The average Bonchev–Trinajstić information content (AvgIpc) is 3.24. The Bertz CT molecular complexity index is 913. The lowest BCUT2D eigenvalue weighted by molar-refractivity contribution is -0.129. The number of carbonyl (C=O) groups is 1. The van der Waals surface area contributed by atoms with E-state index in [4.69, 9.17) is 9.97 Å². The fourth-order valence-corrected chi connectivity index (χ4v) is 4.66. The molecule has 0 radical (unpaired) electrons. The maximum absolute atomic E-state index is 12.6. The summed E-state index contributed by atoms with van der Waals surface area (Å²) in [5.74, 6) is 1.68. The maximum atomic E-state index is 12.6. The van der Waals surface area contributed by atoms with Crippen LogP contribution in [-0.2, 0) is 4.79 Å². The Labute approximate surface area is 162 Å². The number of hydrogen-bond acceptors (Lipinski definition) is 6. The monoisotopic (exact) mass is 388 g/mol. The van der Waals surface area contributed by atoms with Crippen molar-refractivity contribution in [3.05, 3.63) is 28.0 Å². The highest BCUT2D eigenvalue weighted by molar-refractivity contribution is 7.19. The molecule has 3 heterocycles. The van der Waals surface area contributed by atoms with Gasteiger partial charge in [0.1, 0.15) is 10.6 Å². The van der Waals surface area contributed by atoms with Crippen molar-refractivity contribution in [1.29, 1.82) is 0 Å². The number of thiophene rings is 2. The molecule has 26 heavy (non-hydrogen) atoms. The van der Waals surface area contributed by atoms with Gasteiger partial charge in [0.15, 0.2) is 5.82 Å². The molecule has 3 rings (SSSR count). The molecule has 0 saturated carbocycles. The number of aryl methyl sites for hydroxylation is 2. The molecule has 0 aromatic carbocycles. The van der Waals surface area contributed by atoms with Crippen LogP contribution >= 0.6 is 22.7 Å². The molecular weight excluding hydrogens is 364 g/mol. The normalized spacial score (nSPS) is 11.1. The topological polar surface area (TPSA) is 49.3 Å². The Balaban J connectivity index is 2.06.